The first-order chi connectivity index (χ1) is 9.98. The molecule has 1 aliphatic heterocycles. The van der Waals surface area contributed by atoms with Gasteiger partial charge in [0.2, 0.25) is 5.91 Å². The van der Waals surface area contributed by atoms with Crippen LogP contribution in [0.5, 0.6) is 0 Å². The Kier molecular flexibility index (Phi) is 4.93. The Morgan fingerprint density at radius 1 is 1.38 bits per heavy atom. The molecule has 116 valence electrons. The van der Waals surface area contributed by atoms with Crippen molar-refractivity contribution in [2.45, 2.75) is 39.2 Å². The highest BCUT2D eigenvalue weighted by Gasteiger charge is 2.38. The fourth-order valence-electron chi connectivity index (χ4n) is 2.93. The smallest absolute Gasteiger partial charge is 0.226 e. The lowest BCUT2D eigenvalue weighted by Gasteiger charge is -2.36. The Labute approximate surface area is 124 Å². The van der Waals surface area contributed by atoms with Crippen molar-refractivity contribution in [2.75, 3.05) is 13.1 Å². The predicted octanol–water partition coefficient (Wildman–Crippen LogP) is 2.92. The number of piperidine rings is 1. The molecule has 1 aromatic carbocycles. The third-order valence-electron chi connectivity index (χ3n) is 4.50. The summed E-state index contributed by atoms with van der Waals surface area (Å²) < 4.78 is 26.7. The average Bonchev–Trinajstić information content (AvgIpc) is 2.47. The van der Waals surface area contributed by atoms with Crippen molar-refractivity contribution in [3.8, 4) is 0 Å². The summed E-state index contributed by atoms with van der Waals surface area (Å²) in [5.41, 5.74) is -0.0688. The lowest BCUT2D eigenvalue weighted by Crippen LogP contribution is -2.47. The van der Waals surface area contributed by atoms with E-state index in [9.17, 15) is 13.6 Å². The van der Waals surface area contributed by atoms with Crippen molar-refractivity contribution in [1.82, 2.24) is 10.6 Å². The molecule has 0 aliphatic carbocycles. The molecule has 1 fully saturated rings. The molecule has 0 radical (unpaired) electrons. The second-order valence-corrected chi connectivity index (χ2v) is 5.74. The van der Waals surface area contributed by atoms with E-state index in [1.165, 1.54) is 12.1 Å². The third kappa shape index (κ3) is 3.40. The summed E-state index contributed by atoms with van der Waals surface area (Å²) >= 11 is 0. The molecule has 1 atom stereocenters. The van der Waals surface area contributed by atoms with Gasteiger partial charge in [-0.3, -0.25) is 4.79 Å². The Bertz CT molecular complexity index is 513. The van der Waals surface area contributed by atoms with Gasteiger partial charge in [0.05, 0.1) is 11.5 Å². The molecule has 3 nitrogen and oxygen atoms in total. The highest BCUT2D eigenvalue weighted by atomic mass is 19.1. The minimum atomic E-state index is -0.626. The first-order valence-electron chi connectivity index (χ1n) is 7.45. The lowest BCUT2D eigenvalue weighted by atomic mass is 9.75. The van der Waals surface area contributed by atoms with Crippen LogP contribution in [0.4, 0.5) is 8.78 Å². The van der Waals surface area contributed by atoms with Crippen LogP contribution >= 0.6 is 0 Å². The van der Waals surface area contributed by atoms with Crippen LogP contribution in [0.15, 0.2) is 18.2 Å². The van der Waals surface area contributed by atoms with E-state index in [4.69, 9.17) is 0 Å². The SMILES string of the molecule is CCC1(C(=O)NC(C)c2ccc(F)cc2F)CCNCC1. The molecule has 1 amide bonds. The molecule has 0 spiro atoms. The third-order valence-corrected chi connectivity index (χ3v) is 4.50. The van der Waals surface area contributed by atoms with Gasteiger partial charge in [-0.25, -0.2) is 8.78 Å². The van der Waals surface area contributed by atoms with Gasteiger partial charge >= 0.3 is 0 Å². The van der Waals surface area contributed by atoms with Gasteiger partial charge in [0.15, 0.2) is 0 Å². The molecule has 1 heterocycles. The van der Waals surface area contributed by atoms with Gasteiger partial charge in [0.25, 0.3) is 0 Å². The summed E-state index contributed by atoms with van der Waals surface area (Å²) in [4.78, 5) is 12.6. The van der Waals surface area contributed by atoms with E-state index in [-0.39, 0.29) is 11.3 Å². The van der Waals surface area contributed by atoms with Crippen molar-refractivity contribution in [2.24, 2.45) is 5.41 Å². The van der Waals surface area contributed by atoms with Crippen LogP contribution in [0.25, 0.3) is 0 Å². The van der Waals surface area contributed by atoms with E-state index < -0.39 is 17.7 Å². The van der Waals surface area contributed by atoms with Crippen molar-refractivity contribution in [1.29, 1.82) is 0 Å². The molecule has 2 rings (SSSR count). The molecule has 5 heteroatoms. The van der Waals surface area contributed by atoms with Crippen LogP contribution in [-0.2, 0) is 4.79 Å². The molecule has 1 aliphatic rings. The first kappa shape index (κ1) is 15.9. The van der Waals surface area contributed by atoms with Gasteiger partial charge in [-0.05, 0) is 45.3 Å². The van der Waals surface area contributed by atoms with Crippen molar-refractivity contribution in [3.63, 3.8) is 0 Å². The van der Waals surface area contributed by atoms with Crippen molar-refractivity contribution >= 4 is 5.91 Å². The monoisotopic (exact) mass is 296 g/mol. The lowest BCUT2D eigenvalue weighted by molar-refractivity contribution is -0.133. The van der Waals surface area contributed by atoms with Crippen LogP contribution in [0.1, 0.15) is 44.7 Å². The minimum Gasteiger partial charge on any atom is -0.349 e. The number of halogens is 2. The predicted molar refractivity (Wildman–Crippen MR) is 77.7 cm³/mol. The fourth-order valence-corrected chi connectivity index (χ4v) is 2.93. The van der Waals surface area contributed by atoms with E-state index in [0.29, 0.717) is 5.56 Å². The highest BCUT2D eigenvalue weighted by Crippen LogP contribution is 2.33. The zero-order valence-corrected chi connectivity index (χ0v) is 12.5. The van der Waals surface area contributed by atoms with E-state index in [2.05, 4.69) is 10.6 Å². The molecular formula is C16H22F2N2O. The first-order valence-corrected chi connectivity index (χ1v) is 7.45. The summed E-state index contributed by atoms with van der Waals surface area (Å²) in [5, 5.41) is 6.14. The summed E-state index contributed by atoms with van der Waals surface area (Å²) in [5.74, 6) is -1.28. The number of carbonyl (C=O) groups excluding carboxylic acids is 1. The maximum atomic E-state index is 13.8. The number of benzene rings is 1. The minimum absolute atomic E-state index is 0.0391. The van der Waals surface area contributed by atoms with E-state index >= 15 is 0 Å². The summed E-state index contributed by atoms with van der Waals surface area (Å²) in [6, 6.07) is 2.96. The van der Waals surface area contributed by atoms with Crippen LogP contribution in [0.3, 0.4) is 0 Å². The molecule has 0 bridgehead atoms. The van der Waals surface area contributed by atoms with Gasteiger partial charge in [0.1, 0.15) is 11.6 Å². The molecule has 1 unspecified atom stereocenters. The van der Waals surface area contributed by atoms with Gasteiger partial charge in [-0.1, -0.05) is 13.0 Å². The summed E-state index contributed by atoms with van der Waals surface area (Å²) in [7, 11) is 0. The molecular weight excluding hydrogens is 274 g/mol. The molecule has 1 saturated heterocycles. The fraction of sp³-hybridized carbons (Fsp3) is 0.562. The quantitative estimate of drug-likeness (QED) is 0.897. The van der Waals surface area contributed by atoms with E-state index in [1.807, 2.05) is 6.92 Å². The van der Waals surface area contributed by atoms with Crippen molar-refractivity contribution in [3.05, 3.63) is 35.4 Å². The van der Waals surface area contributed by atoms with Gasteiger partial charge in [-0.2, -0.15) is 0 Å². The van der Waals surface area contributed by atoms with E-state index in [1.54, 1.807) is 6.92 Å². The largest absolute Gasteiger partial charge is 0.349 e. The molecule has 0 aromatic heterocycles. The number of nitrogens with one attached hydrogen (secondary N) is 2. The maximum Gasteiger partial charge on any atom is 0.226 e. The zero-order valence-electron chi connectivity index (χ0n) is 12.5. The number of hydrogen-bond donors (Lipinski definition) is 2. The second-order valence-electron chi connectivity index (χ2n) is 5.74. The number of carbonyl (C=O) groups is 1. The van der Waals surface area contributed by atoms with Gasteiger partial charge in [0, 0.05) is 11.6 Å². The van der Waals surface area contributed by atoms with Crippen LogP contribution < -0.4 is 10.6 Å². The molecule has 21 heavy (non-hydrogen) atoms. The van der Waals surface area contributed by atoms with E-state index in [0.717, 1.165) is 38.4 Å². The topological polar surface area (TPSA) is 41.1 Å². The number of rotatable bonds is 4. The number of hydrogen-bond acceptors (Lipinski definition) is 2. The average molecular weight is 296 g/mol. The van der Waals surface area contributed by atoms with Gasteiger partial charge in [-0.15, -0.1) is 0 Å². The Hall–Kier alpha value is -1.49. The van der Waals surface area contributed by atoms with Crippen LogP contribution in [-0.4, -0.2) is 19.0 Å². The highest BCUT2D eigenvalue weighted by molar-refractivity contribution is 5.83. The zero-order chi connectivity index (χ0) is 15.5. The van der Waals surface area contributed by atoms with Gasteiger partial charge < -0.3 is 10.6 Å². The standard InChI is InChI=1S/C16H22F2N2O/c1-3-16(6-8-19-9-7-16)15(21)20-11(2)13-5-4-12(17)10-14(13)18/h4-5,10-11,19H,3,6-9H2,1-2H3,(H,20,21). The Morgan fingerprint density at radius 2 is 2.05 bits per heavy atom. The van der Waals surface area contributed by atoms with Crippen molar-refractivity contribution < 1.29 is 13.6 Å². The summed E-state index contributed by atoms with van der Waals surface area (Å²) in [6.45, 7) is 5.37. The summed E-state index contributed by atoms with van der Waals surface area (Å²) in [6.07, 6.45) is 2.33. The Morgan fingerprint density at radius 3 is 2.62 bits per heavy atom. The molecule has 2 N–H and O–H groups in total. The normalized spacial score (nSPS) is 19.0. The number of amides is 1. The Balaban J connectivity index is 2.10. The van der Waals surface area contributed by atoms with Crippen LogP contribution in [0.2, 0.25) is 0 Å². The molecule has 1 aromatic rings. The second kappa shape index (κ2) is 6.52. The van der Waals surface area contributed by atoms with Crippen LogP contribution in [0, 0.1) is 17.0 Å². The maximum absolute atomic E-state index is 13.8. The molecule has 0 saturated carbocycles.